The van der Waals surface area contributed by atoms with Crippen LogP contribution in [0.5, 0.6) is 0 Å². The minimum Gasteiger partial charge on any atom is -0.378 e. The molecule has 0 fully saturated rings. The molecule has 5 nitrogen and oxygen atoms in total. The van der Waals surface area contributed by atoms with Gasteiger partial charge in [-0.25, -0.2) is 4.98 Å². The monoisotopic (exact) mass is 264 g/mol. The molecule has 2 rings (SSSR count). The second-order valence-electron chi connectivity index (χ2n) is 3.66. The first kappa shape index (κ1) is 12.4. The molecule has 0 aliphatic heterocycles. The summed E-state index contributed by atoms with van der Waals surface area (Å²) in [5.41, 5.74) is 1.26. The van der Waals surface area contributed by atoms with Crippen molar-refractivity contribution >= 4 is 23.2 Å². The van der Waals surface area contributed by atoms with E-state index in [1.807, 2.05) is 6.07 Å². The zero-order chi connectivity index (χ0) is 13.0. The van der Waals surface area contributed by atoms with Crippen molar-refractivity contribution in [3.8, 4) is 0 Å². The number of anilines is 1. The number of aromatic amines is 1. The van der Waals surface area contributed by atoms with Crippen molar-refractivity contribution in [2.24, 2.45) is 0 Å². The standard InChI is InChI=1S/C12H13ClN4O/c1-14-12(18)9-6-8(2-3-10(9)13)17-7-11-15-4-5-16-11/h2-6,17H,7H2,1H3,(H,14,18)(H,15,16). The molecule has 1 heterocycles. The molecule has 0 aliphatic carbocycles. The molecule has 0 saturated carbocycles. The van der Waals surface area contributed by atoms with Crippen LogP contribution in [0.2, 0.25) is 5.02 Å². The highest BCUT2D eigenvalue weighted by molar-refractivity contribution is 6.34. The average Bonchev–Trinajstić information content (AvgIpc) is 2.90. The number of imidazole rings is 1. The fourth-order valence-electron chi connectivity index (χ4n) is 1.52. The van der Waals surface area contributed by atoms with Gasteiger partial charge in [-0.15, -0.1) is 0 Å². The first-order valence-corrected chi connectivity index (χ1v) is 5.82. The summed E-state index contributed by atoms with van der Waals surface area (Å²) in [5.74, 6) is 0.619. The van der Waals surface area contributed by atoms with Crippen LogP contribution in [0.3, 0.4) is 0 Å². The van der Waals surface area contributed by atoms with E-state index in [1.165, 1.54) is 0 Å². The molecular weight excluding hydrogens is 252 g/mol. The molecule has 1 aromatic carbocycles. The second-order valence-corrected chi connectivity index (χ2v) is 4.07. The quantitative estimate of drug-likeness (QED) is 0.791. The lowest BCUT2D eigenvalue weighted by Gasteiger charge is -2.08. The zero-order valence-electron chi connectivity index (χ0n) is 9.83. The van der Waals surface area contributed by atoms with E-state index >= 15 is 0 Å². The summed E-state index contributed by atoms with van der Waals surface area (Å²) >= 11 is 5.96. The largest absolute Gasteiger partial charge is 0.378 e. The Labute approximate surface area is 110 Å². The summed E-state index contributed by atoms with van der Waals surface area (Å²) in [7, 11) is 1.57. The fraction of sp³-hybridized carbons (Fsp3) is 0.167. The van der Waals surface area contributed by atoms with Gasteiger partial charge in [-0.3, -0.25) is 4.79 Å². The Morgan fingerprint density at radius 3 is 3.00 bits per heavy atom. The number of H-pyrrole nitrogens is 1. The van der Waals surface area contributed by atoms with Gasteiger partial charge in [0, 0.05) is 25.1 Å². The molecule has 18 heavy (non-hydrogen) atoms. The normalized spacial score (nSPS) is 10.1. The SMILES string of the molecule is CNC(=O)c1cc(NCc2ncc[nH]2)ccc1Cl. The molecule has 0 atom stereocenters. The van der Waals surface area contributed by atoms with Crippen molar-refractivity contribution in [1.82, 2.24) is 15.3 Å². The van der Waals surface area contributed by atoms with E-state index in [9.17, 15) is 4.79 Å². The number of nitrogens with one attached hydrogen (secondary N) is 3. The molecule has 6 heteroatoms. The van der Waals surface area contributed by atoms with Crippen molar-refractivity contribution in [1.29, 1.82) is 0 Å². The van der Waals surface area contributed by atoms with Crippen LogP contribution in [0, 0.1) is 0 Å². The van der Waals surface area contributed by atoms with E-state index < -0.39 is 0 Å². The van der Waals surface area contributed by atoms with Crippen molar-refractivity contribution in [3.05, 3.63) is 47.0 Å². The van der Waals surface area contributed by atoms with Crippen LogP contribution in [0.4, 0.5) is 5.69 Å². The number of benzene rings is 1. The van der Waals surface area contributed by atoms with Crippen molar-refractivity contribution in [2.75, 3.05) is 12.4 Å². The Morgan fingerprint density at radius 2 is 2.33 bits per heavy atom. The van der Waals surface area contributed by atoms with Gasteiger partial charge in [-0.1, -0.05) is 11.6 Å². The van der Waals surface area contributed by atoms with Crippen LogP contribution in [0.15, 0.2) is 30.6 Å². The Bertz CT molecular complexity index is 539. The van der Waals surface area contributed by atoms with Gasteiger partial charge in [0.1, 0.15) is 5.82 Å². The van der Waals surface area contributed by atoms with Gasteiger partial charge < -0.3 is 15.6 Å². The molecule has 2 aromatic rings. The third-order valence-electron chi connectivity index (χ3n) is 2.45. The Balaban J connectivity index is 2.12. The summed E-state index contributed by atoms with van der Waals surface area (Å²) in [6.45, 7) is 0.557. The number of aromatic nitrogens is 2. The maximum Gasteiger partial charge on any atom is 0.252 e. The maximum atomic E-state index is 11.6. The van der Waals surface area contributed by atoms with Crippen LogP contribution in [0.25, 0.3) is 0 Å². The number of carbonyl (C=O) groups excluding carboxylic acids is 1. The predicted molar refractivity (Wildman–Crippen MR) is 70.8 cm³/mol. The summed E-state index contributed by atoms with van der Waals surface area (Å²) in [5, 5.41) is 6.14. The number of carbonyl (C=O) groups is 1. The van der Waals surface area contributed by atoms with Crippen LogP contribution >= 0.6 is 11.6 Å². The minimum atomic E-state index is -0.207. The molecule has 3 N–H and O–H groups in total. The summed E-state index contributed by atoms with van der Waals surface area (Å²) in [4.78, 5) is 18.7. The van der Waals surface area contributed by atoms with Gasteiger partial charge in [0.25, 0.3) is 5.91 Å². The van der Waals surface area contributed by atoms with Crippen molar-refractivity contribution < 1.29 is 4.79 Å². The topological polar surface area (TPSA) is 69.8 Å². The number of rotatable bonds is 4. The predicted octanol–water partition coefficient (Wildman–Crippen LogP) is 2.03. The summed E-state index contributed by atoms with van der Waals surface area (Å²) in [6, 6.07) is 5.22. The van der Waals surface area contributed by atoms with Crippen molar-refractivity contribution in [2.45, 2.75) is 6.54 Å². The van der Waals surface area contributed by atoms with Gasteiger partial charge in [0.15, 0.2) is 0 Å². The number of hydrogen-bond acceptors (Lipinski definition) is 3. The number of amides is 1. The van der Waals surface area contributed by atoms with E-state index in [1.54, 1.807) is 31.6 Å². The number of halogens is 1. The molecule has 94 valence electrons. The molecule has 0 saturated heterocycles. The van der Waals surface area contributed by atoms with Gasteiger partial charge in [-0.2, -0.15) is 0 Å². The zero-order valence-corrected chi connectivity index (χ0v) is 10.6. The first-order valence-electron chi connectivity index (χ1n) is 5.44. The van der Waals surface area contributed by atoms with E-state index in [2.05, 4.69) is 20.6 Å². The number of nitrogens with zero attached hydrogens (tertiary/aromatic N) is 1. The lowest BCUT2D eigenvalue weighted by atomic mass is 10.2. The summed E-state index contributed by atoms with van der Waals surface area (Å²) in [6.07, 6.45) is 3.45. The van der Waals surface area contributed by atoms with Crippen LogP contribution in [-0.2, 0) is 6.54 Å². The van der Waals surface area contributed by atoms with Crippen molar-refractivity contribution in [3.63, 3.8) is 0 Å². The third kappa shape index (κ3) is 2.81. The molecular formula is C12H13ClN4O. The maximum absolute atomic E-state index is 11.6. The molecule has 0 bridgehead atoms. The molecule has 0 unspecified atom stereocenters. The van der Waals surface area contributed by atoms with Crippen LogP contribution in [0.1, 0.15) is 16.2 Å². The van der Waals surface area contributed by atoms with E-state index in [0.717, 1.165) is 11.5 Å². The fourth-order valence-corrected chi connectivity index (χ4v) is 1.73. The Kier molecular flexibility index (Phi) is 3.84. The average molecular weight is 265 g/mol. The Hall–Kier alpha value is -2.01. The van der Waals surface area contributed by atoms with Gasteiger partial charge >= 0.3 is 0 Å². The van der Waals surface area contributed by atoms with E-state index in [4.69, 9.17) is 11.6 Å². The molecule has 1 aromatic heterocycles. The molecule has 0 spiro atoms. The first-order chi connectivity index (χ1) is 8.70. The Morgan fingerprint density at radius 1 is 1.50 bits per heavy atom. The van der Waals surface area contributed by atoms with Crippen LogP contribution in [-0.4, -0.2) is 22.9 Å². The lowest BCUT2D eigenvalue weighted by molar-refractivity contribution is 0.0963. The highest BCUT2D eigenvalue weighted by Crippen LogP contribution is 2.20. The van der Waals surface area contributed by atoms with Gasteiger partial charge in [-0.05, 0) is 18.2 Å². The molecule has 1 amide bonds. The second kappa shape index (κ2) is 5.55. The molecule has 0 aliphatic rings. The summed E-state index contributed by atoms with van der Waals surface area (Å²) < 4.78 is 0. The highest BCUT2D eigenvalue weighted by Gasteiger charge is 2.09. The van der Waals surface area contributed by atoms with Crippen LogP contribution < -0.4 is 10.6 Å². The molecule has 0 radical (unpaired) electrons. The third-order valence-corrected chi connectivity index (χ3v) is 2.78. The number of hydrogen-bond donors (Lipinski definition) is 3. The van der Waals surface area contributed by atoms with E-state index in [-0.39, 0.29) is 5.91 Å². The lowest BCUT2D eigenvalue weighted by Crippen LogP contribution is -2.18. The van der Waals surface area contributed by atoms with Gasteiger partial charge in [0.05, 0.1) is 17.1 Å². The van der Waals surface area contributed by atoms with Gasteiger partial charge in [0.2, 0.25) is 0 Å². The van der Waals surface area contributed by atoms with E-state index in [0.29, 0.717) is 17.1 Å². The minimum absolute atomic E-state index is 0.207. The smallest absolute Gasteiger partial charge is 0.252 e. The highest BCUT2D eigenvalue weighted by atomic mass is 35.5.